The van der Waals surface area contributed by atoms with E-state index in [-0.39, 0.29) is 51.1 Å². The lowest BCUT2D eigenvalue weighted by atomic mass is 10.1. The summed E-state index contributed by atoms with van der Waals surface area (Å²) in [6, 6.07) is 34.5. The molecule has 0 spiro atoms. The number of nitrogens with one attached hydrogen (secondary N) is 1. The topological polar surface area (TPSA) is 301 Å². The molecule has 474 valence electrons. The van der Waals surface area contributed by atoms with Gasteiger partial charge in [0.15, 0.2) is 19.7 Å². The lowest BCUT2D eigenvalue weighted by molar-refractivity contribution is -0.192. The third kappa shape index (κ3) is 21.8. The van der Waals surface area contributed by atoms with E-state index in [9.17, 15) is 39.6 Å². The number of aromatic carboxylic acids is 1. The molecule has 0 unspecified atom stereocenters. The van der Waals surface area contributed by atoms with Gasteiger partial charge in [0, 0.05) is 93.8 Å². The molecule has 21 nitrogen and oxygen atoms in total. The molecular weight excluding hydrogens is 1220 g/mol. The number of carboxylic acid groups (broad SMARTS) is 2. The average Bonchev–Trinajstić information content (AvgIpc) is 2.59. The van der Waals surface area contributed by atoms with E-state index in [1.54, 1.807) is 99.3 Å². The van der Waals surface area contributed by atoms with Crippen LogP contribution in [0.4, 0.5) is 13.2 Å². The highest BCUT2D eigenvalue weighted by atomic mass is 35.5. The lowest BCUT2D eigenvalue weighted by Crippen LogP contribution is -2.37. The molecule has 0 bridgehead atoms. The van der Waals surface area contributed by atoms with E-state index in [0.717, 1.165) is 101 Å². The van der Waals surface area contributed by atoms with E-state index in [1.807, 2.05) is 48.5 Å². The zero-order valence-corrected chi connectivity index (χ0v) is 51.1. The zero-order valence-electron chi connectivity index (χ0n) is 48.7. The Bertz CT molecular complexity index is 3760. The number of carbonyl (C=O) groups is 3. The van der Waals surface area contributed by atoms with Crippen LogP contribution in [0.1, 0.15) is 65.9 Å². The Morgan fingerprint density at radius 2 is 0.978 bits per heavy atom. The maximum atomic E-state index is 13.1. The number of benzene rings is 4. The number of morpholine rings is 2. The summed E-state index contributed by atoms with van der Waals surface area (Å²) < 4.78 is 106. The van der Waals surface area contributed by atoms with Gasteiger partial charge < -0.3 is 39.6 Å². The van der Waals surface area contributed by atoms with Crippen molar-refractivity contribution >= 4 is 49.9 Å². The summed E-state index contributed by atoms with van der Waals surface area (Å²) in [5.41, 5.74) is 12.1. The Labute approximate surface area is 519 Å². The normalized spacial score (nSPS) is 13.6. The fraction of sp³-hybridized carbons (Fsp3) is 0.306. The molecule has 8 aromatic rings. The van der Waals surface area contributed by atoms with Gasteiger partial charge in [-0.05, 0) is 134 Å². The molecule has 10 rings (SSSR count). The number of hydrogen-bond donors (Lipinski definition) is 4. The Hall–Kier alpha value is -8.21. The van der Waals surface area contributed by atoms with E-state index >= 15 is 0 Å². The van der Waals surface area contributed by atoms with Gasteiger partial charge in [0.2, 0.25) is 11.8 Å². The van der Waals surface area contributed by atoms with Crippen molar-refractivity contribution in [3.05, 3.63) is 202 Å². The van der Waals surface area contributed by atoms with Gasteiger partial charge in [-0.2, -0.15) is 13.2 Å². The van der Waals surface area contributed by atoms with Gasteiger partial charge in [0.25, 0.3) is 5.91 Å². The summed E-state index contributed by atoms with van der Waals surface area (Å²) in [6.07, 6.45) is 3.51. The summed E-state index contributed by atoms with van der Waals surface area (Å²) >= 11 is 0. The molecular formula is C62H68ClF3N8O13S2. The second-order valence-electron chi connectivity index (χ2n) is 20.1. The van der Waals surface area contributed by atoms with Crippen LogP contribution in [-0.2, 0) is 71.4 Å². The smallest absolute Gasteiger partial charge is 0.478 e. The quantitative estimate of drug-likeness (QED) is 0.0589. The third-order valence-corrected chi connectivity index (χ3v) is 17.1. The largest absolute Gasteiger partial charge is 0.490 e. The van der Waals surface area contributed by atoms with Crippen LogP contribution in [0.15, 0.2) is 165 Å². The summed E-state index contributed by atoms with van der Waals surface area (Å²) in [6.45, 7) is 12.9. The Kier molecular flexibility index (Phi) is 26.2. The second-order valence-corrected chi connectivity index (χ2v) is 24.1. The Morgan fingerprint density at radius 1 is 0.584 bits per heavy atom. The molecule has 4 aromatic carbocycles. The molecule has 1 amide bonds. The molecule has 0 atom stereocenters. The van der Waals surface area contributed by atoms with Gasteiger partial charge in [-0.1, -0.05) is 36.4 Å². The number of aromatic nitrogens is 4. The number of halogens is 4. The molecule has 89 heavy (non-hydrogen) atoms. The lowest BCUT2D eigenvalue weighted by Gasteiger charge is -2.26. The van der Waals surface area contributed by atoms with Crippen molar-refractivity contribution in [2.75, 3.05) is 65.7 Å². The standard InChI is InChI=1S/C30H32N4O5S.C24H26N2O6S.C6H8N2.C2HF3O2.ClH/c1-22-28(21-40(36,37)27-10-4-23(5-11-27)12-14-34-15-17-38-18-16-34)33-30(39-22)26-8-6-25(7-9-26)29(35)32-20-24-3-2-13-31-19-24;1-17-22(25-23(32-17)19-4-6-20(7-5-19)24(27)28)16-33(29,30)21-8-2-18(3-9-21)10-11-26-12-14-31-15-13-26;7-4-6-2-1-3-8-5-6;3-2(4,5)1(6)7;/h2-11,13,19H,12,14-18,20-21H2,1H3,(H,32,35);2-9H,10-16H2,1H3,(H,27,28);1-3,5H,4,7H2;(H,6,7);1H. The van der Waals surface area contributed by atoms with Crippen LogP contribution >= 0.6 is 12.4 Å². The van der Waals surface area contributed by atoms with Crippen LogP contribution in [-0.4, -0.2) is 147 Å². The van der Waals surface area contributed by atoms with Crippen LogP contribution in [0.3, 0.4) is 0 Å². The number of sulfone groups is 2. The Morgan fingerprint density at radius 3 is 1.33 bits per heavy atom. The first-order chi connectivity index (χ1) is 42.1. The van der Waals surface area contributed by atoms with Crippen molar-refractivity contribution < 1.29 is 72.9 Å². The van der Waals surface area contributed by atoms with Gasteiger partial charge in [0.1, 0.15) is 23.0 Å². The maximum Gasteiger partial charge on any atom is 0.490 e. The number of rotatable bonds is 19. The fourth-order valence-corrected chi connectivity index (χ4v) is 11.4. The van der Waals surface area contributed by atoms with Crippen molar-refractivity contribution in [1.82, 2.24) is 35.1 Å². The summed E-state index contributed by atoms with van der Waals surface area (Å²) in [7, 11) is -7.21. The number of pyridine rings is 2. The number of hydrogen-bond acceptors (Lipinski definition) is 18. The summed E-state index contributed by atoms with van der Waals surface area (Å²) in [5.74, 6) is -3.10. The average molecular weight is 1290 g/mol. The van der Waals surface area contributed by atoms with Crippen molar-refractivity contribution in [1.29, 1.82) is 0 Å². The van der Waals surface area contributed by atoms with Crippen LogP contribution in [0, 0.1) is 13.8 Å². The zero-order chi connectivity index (χ0) is 63.3. The van der Waals surface area contributed by atoms with Crippen molar-refractivity contribution in [2.24, 2.45) is 5.73 Å². The molecule has 4 aromatic heterocycles. The van der Waals surface area contributed by atoms with Crippen molar-refractivity contribution in [3.8, 4) is 22.9 Å². The highest BCUT2D eigenvalue weighted by Gasteiger charge is 2.38. The minimum absolute atomic E-state index is 0. The second kappa shape index (κ2) is 33.4. The van der Waals surface area contributed by atoms with Gasteiger partial charge >= 0.3 is 18.1 Å². The molecule has 2 aliphatic heterocycles. The molecule has 2 fully saturated rings. The van der Waals surface area contributed by atoms with Crippen LogP contribution < -0.4 is 11.1 Å². The van der Waals surface area contributed by atoms with Crippen molar-refractivity contribution in [3.63, 3.8) is 0 Å². The molecule has 27 heteroatoms. The maximum absolute atomic E-state index is 13.1. The first-order valence-corrected chi connectivity index (χ1v) is 31.0. The van der Waals surface area contributed by atoms with Gasteiger partial charge in [-0.25, -0.2) is 36.4 Å². The first-order valence-electron chi connectivity index (χ1n) is 27.7. The number of amides is 1. The third-order valence-electron chi connectivity index (χ3n) is 13.8. The number of aryl methyl sites for hydroxylation is 2. The number of aliphatic carboxylic acids is 1. The highest BCUT2D eigenvalue weighted by Crippen LogP contribution is 2.28. The number of nitrogens with zero attached hydrogens (tertiary/aromatic N) is 6. The number of ether oxygens (including phenoxy) is 2. The summed E-state index contributed by atoms with van der Waals surface area (Å²) in [4.78, 5) is 54.4. The van der Waals surface area contributed by atoms with Crippen LogP contribution in [0.2, 0.25) is 0 Å². The molecule has 2 saturated heterocycles. The first kappa shape index (κ1) is 69.9. The van der Waals surface area contributed by atoms with E-state index in [0.29, 0.717) is 58.6 Å². The fourth-order valence-electron chi connectivity index (χ4n) is 8.67. The van der Waals surface area contributed by atoms with E-state index < -0.39 is 37.8 Å². The number of carbonyl (C=O) groups excluding carboxylic acids is 1. The van der Waals surface area contributed by atoms with Gasteiger partial charge in [0.05, 0.1) is 53.2 Å². The molecule has 5 N–H and O–H groups in total. The van der Waals surface area contributed by atoms with Crippen LogP contribution in [0.25, 0.3) is 22.9 Å². The molecule has 2 aliphatic rings. The number of alkyl halides is 3. The van der Waals surface area contributed by atoms with E-state index in [4.69, 9.17) is 39.0 Å². The van der Waals surface area contributed by atoms with Crippen LogP contribution in [0.5, 0.6) is 0 Å². The Balaban J connectivity index is 0.000000230. The monoisotopic (exact) mass is 1290 g/mol. The SMILES string of the molecule is Cc1oc(-c2ccc(C(=O)NCc3cccnc3)cc2)nc1CS(=O)(=O)c1ccc(CCN2CCOCC2)cc1.Cc1oc(-c2ccc(C(=O)O)cc2)nc1CS(=O)(=O)c1ccc(CCN2CCOCC2)cc1.Cl.NCc1cccnc1.O=C(O)C(F)(F)F. The minimum atomic E-state index is -5.08. The highest BCUT2D eigenvalue weighted by molar-refractivity contribution is 7.91. The number of carboxylic acids is 2. The predicted molar refractivity (Wildman–Crippen MR) is 325 cm³/mol. The summed E-state index contributed by atoms with van der Waals surface area (Å²) in [5, 5.41) is 19.0. The van der Waals surface area contributed by atoms with Gasteiger partial charge in [-0.3, -0.25) is 24.6 Å². The molecule has 0 aliphatic carbocycles. The van der Waals surface area contributed by atoms with Crippen molar-refractivity contribution in [2.45, 2.75) is 67.3 Å². The predicted octanol–water partition coefficient (Wildman–Crippen LogP) is 8.62. The van der Waals surface area contributed by atoms with E-state index in [1.165, 1.54) is 12.1 Å². The molecule has 0 radical (unpaired) electrons. The molecule has 6 heterocycles. The van der Waals surface area contributed by atoms with Gasteiger partial charge in [-0.15, -0.1) is 12.4 Å². The number of oxazole rings is 2. The van der Waals surface area contributed by atoms with E-state index in [2.05, 4.69) is 35.1 Å². The minimum Gasteiger partial charge on any atom is -0.478 e. The molecule has 0 saturated carbocycles. The number of nitrogens with two attached hydrogens (primary N) is 1.